The lowest BCUT2D eigenvalue weighted by atomic mass is 10.3. The minimum absolute atomic E-state index is 0.168. The maximum absolute atomic E-state index is 11.6. The molecule has 0 bridgehead atoms. The molecule has 0 spiro atoms. The second-order valence-corrected chi connectivity index (χ2v) is 4.60. The number of amides is 2. The van der Waals surface area contributed by atoms with Crippen molar-refractivity contribution in [2.45, 2.75) is 12.8 Å². The Hall–Kier alpha value is -2.56. The number of benzene rings is 1. The molecule has 5 nitrogen and oxygen atoms in total. The molecule has 5 heteroatoms. The molecule has 0 radical (unpaired) electrons. The summed E-state index contributed by atoms with van der Waals surface area (Å²) in [5.41, 5.74) is 0.798. The average molecular weight is 284 g/mol. The largest absolute Gasteiger partial charge is 0.370 e. The van der Waals surface area contributed by atoms with E-state index >= 15 is 0 Å². The number of nitrogens with zero attached hydrogens (tertiary/aromatic N) is 1. The zero-order chi connectivity index (χ0) is 14.8. The van der Waals surface area contributed by atoms with Gasteiger partial charge in [0.25, 0.3) is 0 Å². The van der Waals surface area contributed by atoms with Gasteiger partial charge >= 0.3 is 6.03 Å². The van der Waals surface area contributed by atoms with Gasteiger partial charge in [-0.25, -0.2) is 9.78 Å². The third kappa shape index (κ3) is 5.95. The highest BCUT2D eigenvalue weighted by Gasteiger charge is 1.99. The summed E-state index contributed by atoms with van der Waals surface area (Å²) in [6.45, 7) is 1.50. The zero-order valence-electron chi connectivity index (χ0n) is 11.9. The summed E-state index contributed by atoms with van der Waals surface area (Å²) in [6, 6.07) is 15.0. The van der Waals surface area contributed by atoms with Crippen LogP contribution in [-0.2, 0) is 0 Å². The zero-order valence-corrected chi connectivity index (χ0v) is 11.9. The molecule has 0 atom stereocenters. The Morgan fingerprint density at radius 3 is 2.48 bits per heavy atom. The summed E-state index contributed by atoms with van der Waals surface area (Å²) in [6.07, 6.45) is 3.65. The van der Waals surface area contributed by atoms with Gasteiger partial charge < -0.3 is 16.0 Å². The lowest BCUT2D eigenvalue weighted by Crippen LogP contribution is -2.29. The summed E-state index contributed by atoms with van der Waals surface area (Å²) < 4.78 is 0. The fourth-order valence-corrected chi connectivity index (χ4v) is 1.83. The van der Waals surface area contributed by atoms with Gasteiger partial charge in [-0.2, -0.15) is 0 Å². The number of rotatable bonds is 7. The Labute approximate surface area is 124 Å². The van der Waals surface area contributed by atoms with E-state index in [0.29, 0.717) is 6.54 Å². The van der Waals surface area contributed by atoms with Crippen LogP contribution in [0.15, 0.2) is 54.7 Å². The molecule has 2 aromatic rings. The third-order valence-corrected chi connectivity index (χ3v) is 2.89. The van der Waals surface area contributed by atoms with Gasteiger partial charge in [0, 0.05) is 25.0 Å². The molecule has 0 unspecified atom stereocenters. The molecule has 1 aromatic heterocycles. The minimum Gasteiger partial charge on any atom is -0.370 e. The number of hydrogen-bond acceptors (Lipinski definition) is 3. The molecule has 1 aromatic carbocycles. The lowest BCUT2D eigenvalue weighted by molar-refractivity contribution is 0.252. The Balaban J connectivity index is 1.52. The number of hydrogen-bond donors (Lipinski definition) is 3. The van der Waals surface area contributed by atoms with E-state index in [9.17, 15) is 4.79 Å². The number of unbranched alkanes of at least 4 members (excludes halogenated alkanes) is 1. The van der Waals surface area contributed by atoms with Gasteiger partial charge in [-0.15, -0.1) is 0 Å². The quantitative estimate of drug-likeness (QED) is 0.684. The van der Waals surface area contributed by atoms with Gasteiger partial charge in [0.1, 0.15) is 5.82 Å². The summed E-state index contributed by atoms with van der Waals surface area (Å²) in [7, 11) is 0. The Bertz CT molecular complexity index is 530. The van der Waals surface area contributed by atoms with Crippen molar-refractivity contribution in [3.8, 4) is 0 Å². The molecule has 0 saturated heterocycles. The maximum Gasteiger partial charge on any atom is 0.319 e. The summed E-state index contributed by atoms with van der Waals surface area (Å²) in [5.74, 6) is 0.882. The summed E-state index contributed by atoms with van der Waals surface area (Å²) in [4.78, 5) is 15.8. The standard InChI is InChI=1S/C16H20N4O/c21-16(20-14-8-2-1-3-9-14)19-13-7-6-12-18-15-10-4-5-11-17-15/h1-5,8-11H,6-7,12-13H2,(H,17,18)(H2,19,20,21). The molecule has 0 saturated carbocycles. The van der Waals surface area contributed by atoms with Gasteiger partial charge in [0.15, 0.2) is 0 Å². The molecule has 2 rings (SSSR count). The molecule has 3 N–H and O–H groups in total. The molecular formula is C16H20N4O. The smallest absolute Gasteiger partial charge is 0.319 e. The number of pyridine rings is 1. The van der Waals surface area contributed by atoms with Gasteiger partial charge in [0.05, 0.1) is 0 Å². The first kappa shape index (κ1) is 14.8. The van der Waals surface area contributed by atoms with Crippen molar-refractivity contribution in [3.05, 3.63) is 54.7 Å². The molecule has 21 heavy (non-hydrogen) atoms. The van der Waals surface area contributed by atoms with Crippen molar-refractivity contribution in [3.63, 3.8) is 0 Å². The van der Waals surface area contributed by atoms with Crippen LogP contribution in [0.1, 0.15) is 12.8 Å². The Morgan fingerprint density at radius 1 is 0.952 bits per heavy atom. The maximum atomic E-state index is 11.6. The van der Waals surface area contributed by atoms with E-state index in [2.05, 4.69) is 20.9 Å². The first-order chi connectivity index (χ1) is 10.3. The monoisotopic (exact) mass is 284 g/mol. The van der Waals surface area contributed by atoms with Crippen molar-refractivity contribution < 1.29 is 4.79 Å². The number of carbonyl (C=O) groups excluding carboxylic acids is 1. The first-order valence-electron chi connectivity index (χ1n) is 7.09. The second-order valence-electron chi connectivity index (χ2n) is 4.60. The number of para-hydroxylation sites is 1. The van der Waals surface area contributed by atoms with Gasteiger partial charge in [-0.05, 0) is 37.1 Å². The molecule has 0 fully saturated rings. The van der Waals surface area contributed by atoms with Crippen molar-refractivity contribution >= 4 is 17.5 Å². The van der Waals surface area contributed by atoms with Crippen LogP contribution in [0.2, 0.25) is 0 Å². The fraction of sp³-hybridized carbons (Fsp3) is 0.250. The van der Waals surface area contributed by atoms with Crippen molar-refractivity contribution in [2.75, 3.05) is 23.7 Å². The molecule has 0 aliphatic rings. The molecule has 110 valence electrons. The van der Waals surface area contributed by atoms with Crippen molar-refractivity contribution in [2.24, 2.45) is 0 Å². The molecule has 2 amide bonds. The van der Waals surface area contributed by atoms with Crippen molar-refractivity contribution in [1.29, 1.82) is 0 Å². The van der Waals surface area contributed by atoms with E-state index in [1.165, 1.54) is 0 Å². The highest BCUT2D eigenvalue weighted by Crippen LogP contribution is 2.04. The van der Waals surface area contributed by atoms with Crippen LogP contribution < -0.4 is 16.0 Å². The van der Waals surface area contributed by atoms with E-state index in [1.54, 1.807) is 6.20 Å². The van der Waals surface area contributed by atoms with E-state index in [1.807, 2.05) is 48.5 Å². The number of carbonyl (C=O) groups is 1. The molecular weight excluding hydrogens is 264 g/mol. The average Bonchev–Trinajstić information content (AvgIpc) is 2.53. The van der Waals surface area contributed by atoms with E-state index in [0.717, 1.165) is 30.9 Å². The molecule has 1 heterocycles. The van der Waals surface area contributed by atoms with Crippen LogP contribution in [0.4, 0.5) is 16.3 Å². The van der Waals surface area contributed by atoms with Crippen LogP contribution in [0.5, 0.6) is 0 Å². The summed E-state index contributed by atoms with van der Waals surface area (Å²) in [5, 5.41) is 8.85. The molecule has 0 aliphatic carbocycles. The summed E-state index contributed by atoms with van der Waals surface area (Å²) >= 11 is 0. The Kier molecular flexibility index (Phi) is 6.06. The van der Waals surface area contributed by atoms with E-state index in [-0.39, 0.29) is 6.03 Å². The topological polar surface area (TPSA) is 66.0 Å². The SMILES string of the molecule is O=C(NCCCCNc1ccccn1)Nc1ccccc1. The lowest BCUT2D eigenvalue weighted by Gasteiger charge is -2.08. The number of aromatic nitrogens is 1. The number of anilines is 2. The van der Waals surface area contributed by atoms with Gasteiger partial charge in [-0.3, -0.25) is 0 Å². The first-order valence-corrected chi connectivity index (χ1v) is 7.09. The minimum atomic E-state index is -0.168. The van der Waals surface area contributed by atoms with Crippen LogP contribution >= 0.6 is 0 Å². The Morgan fingerprint density at radius 2 is 1.71 bits per heavy atom. The fourth-order valence-electron chi connectivity index (χ4n) is 1.83. The van der Waals surface area contributed by atoms with Crippen LogP contribution in [0, 0.1) is 0 Å². The second kappa shape index (κ2) is 8.58. The predicted molar refractivity (Wildman–Crippen MR) is 85.4 cm³/mol. The normalized spacial score (nSPS) is 9.90. The third-order valence-electron chi connectivity index (χ3n) is 2.89. The van der Waals surface area contributed by atoms with E-state index in [4.69, 9.17) is 0 Å². The van der Waals surface area contributed by atoms with Crippen LogP contribution in [0.3, 0.4) is 0 Å². The van der Waals surface area contributed by atoms with Gasteiger partial charge in [0.2, 0.25) is 0 Å². The van der Waals surface area contributed by atoms with Crippen LogP contribution in [-0.4, -0.2) is 24.1 Å². The molecule has 0 aliphatic heterocycles. The number of nitrogens with one attached hydrogen (secondary N) is 3. The van der Waals surface area contributed by atoms with E-state index < -0.39 is 0 Å². The van der Waals surface area contributed by atoms with Crippen LogP contribution in [0.25, 0.3) is 0 Å². The van der Waals surface area contributed by atoms with Gasteiger partial charge in [-0.1, -0.05) is 24.3 Å². The predicted octanol–water partition coefficient (Wildman–Crippen LogP) is 3.10. The highest BCUT2D eigenvalue weighted by atomic mass is 16.2. The highest BCUT2D eigenvalue weighted by molar-refractivity contribution is 5.89. The van der Waals surface area contributed by atoms with Crippen molar-refractivity contribution in [1.82, 2.24) is 10.3 Å². The number of urea groups is 1.